The molecule has 0 radical (unpaired) electrons. The largest absolute Gasteiger partial charge is 0.478 e. The van der Waals surface area contributed by atoms with Crippen molar-refractivity contribution in [2.45, 2.75) is 18.6 Å². The number of carboxylic acids is 1. The lowest BCUT2D eigenvalue weighted by Gasteiger charge is -2.09. The molecule has 0 spiro atoms. The summed E-state index contributed by atoms with van der Waals surface area (Å²) >= 11 is 1.67. The van der Waals surface area contributed by atoms with Gasteiger partial charge >= 0.3 is 5.97 Å². The molecule has 1 heterocycles. The van der Waals surface area contributed by atoms with Crippen molar-refractivity contribution in [3.05, 3.63) is 71.4 Å². The minimum absolute atomic E-state index is 0.228. The molecule has 1 N–H and O–H groups in total. The Balaban J connectivity index is 2.25. The molecule has 27 heavy (non-hydrogen) atoms. The number of hydrogen-bond donors (Lipinski definition) is 1. The van der Waals surface area contributed by atoms with Gasteiger partial charge in [-0.25, -0.2) is 9.48 Å². The van der Waals surface area contributed by atoms with Gasteiger partial charge in [-0.1, -0.05) is 37.3 Å². The maximum absolute atomic E-state index is 12.1. The van der Waals surface area contributed by atoms with Gasteiger partial charge in [0.25, 0.3) is 0 Å². The number of benzene rings is 2. The van der Waals surface area contributed by atoms with Crippen LogP contribution in [0.15, 0.2) is 54.6 Å². The van der Waals surface area contributed by atoms with Gasteiger partial charge in [-0.15, -0.1) is 0 Å². The Bertz CT molecular complexity index is 989. The van der Waals surface area contributed by atoms with Crippen LogP contribution < -0.4 is 0 Å². The van der Waals surface area contributed by atoms with E-state index in [2.05, 4.69) is 18.1 Å². The SMILES string of the molecule is CSC(C)Cc1nn(-c2ccc(C#N)cc2)c(-c2ccccc2)c1C(=O)O. The predicted octanol–water partition coefficient (Wildman–Crippen LogP) is 4.40. The number of thioether (sulfide) groups is 1. The second-order valence-corrected chi connectivity index (χ2v) is 7.44. The first kappa shape index (κ1) is 18.7. The summed E-state index contributed by atoms with van der Waals surface area (Å²) in [6, 6.07) is 18.5. The monoisotopic (exact) mass is 377 g/mol. The molecule has 2 aromatic carbocycles. The van der Waals surface area contributed by atoms with Gasteiger partial charge in [0, 0.05) is 17.2 Å². The Kier molecular flexibility index (Phi) is 5.63. The van der Waals surface area contributed by atoms with Crippen LogP contribution in [0.25, 0.3) is 16.9 Å². The molecule has 1 aromatic heterocycles. The molecular formula is C21H19N3O2S. The van der Waals surface area contributed by atoms with E-state index in [-0.39, 0.29) is 10.8 Å². The van der Waals surface area contributed by atoms with Gasteiger partial charge in [0.2, 0.25) is 0 Å². The number of rotatable bonds is 6. The summed E-state index contributed by atoms with van der Waals surface area (Å²) in [4.78, 5) is 12.1. The molecule has 0 amide bonds. The smallest absolute Gasteiger partial charge is 0.339 e. The van der Waals surface area contributed by atoms with Crippen molar-refractivity contribution in [3.8, 4) is 23.0 Å². The zero-order valence-electron chi connectivity index (χ0n) is 15.1. The van der Waals surface area contributed by atoms with E-state index in [1.165, 1.54) is 0 Å². The summed E-state index contributed by atoms with van der Waals surface area (Å²) < 4.78 is 1.67. The maximum atomic E-state index is 12.1. The number of aromatic carboxylic acids is 1. The molecule has 1 atom stereocenters. The summed E-state index contributed by atoms with van der Waals surface area (Å²) in [5, 5.41) is 23.9. The third kappa shape index (κ3) is 3.88. The zero-order valence-corrected chi connectivity index (χ0v) is 15.9. The summed E-state index contributed by atoms with van der Waals surface area (Å²) in [6.45, 7) is 2.05. The molecule has 0 aliphatic heterocycles. The van der Waals surface area contributed by atoms with Gasteiger partial charge in [0.1, 0.15) is 5.56 Å². The molecule has 1 unspecified atom stereocenters. The highest BCUT2D eigenvalue weighted by Crippen LogP contribution is 2.31. The van der Waals surface area contributed by atoms with Gasteiger partial charge in [-0.3, -0.25) is 0 Å². The van der Waals surface area contributed by atoms with Crippen molar-refractivity contribution in [3.63, 3.8) is 0 Å². The standard InChI is InChI=1S/C21H19N3O2S/c1-14(27-2)12-18-19(21(25)26)20(16-6-4-3-5-7-16)24(23-18)17-10-8-15(13-22)9-11-17/h3-11,14H,12H2,1-2H3,(H,25,26). The van der Waals surface area contributed by atoms with Crippen molar-refractivity contribution in [1.29, 1.82) is 5.26 Å². The van der Waals surface area contributed by atoms with Gasteiger partial charge in [0.05, 0.1) is 28.7 Å². The van der Waals surface area contributed by atoms with Gasteiger partial charge in [-0.2, -0.15) is 22.1 Å². The van der Waals surface area contributed by atoms with Crippen LogP contribution in [0.3, 0.4) is 0 Å². The van der Waals surface area contributed by atoms with E-state index in [9.17, 15) is 9.90 Å². The Morgan fingerprint density at radius 1 is 1.22 bits per heavy atom. The second-order valence-electron chi connectivity index (χ2n) is 6.16. The van der Waals surface area contributed by atoms with Gasteiger partial charge in [0.15, 0.2) is 0 Å². The third-order valence-electron chi connectivity index (χ3n) is 4.34. The number of aromatic nitrogens is 2. The molecular weight excluding hydrogens is 358 g/mol. The molecule has 3 rings (SSSR count). The minimum Gasteiger partial charge on any atom is -0.478 e. The quantitative estimate of drug-likeness (QED) is 0.689. The lowest BCUT2D eigenvalue weighted by molar-refractivity contribution is 0.0696. The van der Waals surface area contributed by atoms with E-state index >= 15 is 0 Å². The lowest BCUT2D eigenvalue weighted by atomic mass is 10.0. The fourth-order valence-electron chi connectivity index (χ4n) is 2.91. The van der Waals surface area contributed by atoms with E-state index < -0.39 is 5.97 Å². The highest BCUT2D eigenvalue weighted by molar-refractivity contribution is 7.99. The minimum atomic E-state index is -0.989. The third-order valence-corrected chi connectivity index (χ3v) is 5.31. The summed E-state index contributed by atoms with van der Waals surface area (Å²) in [5.41, 5.74) is 3.39. The van der Waals surface area contributed by atoms with Crippen LogP contribution >= 0.6 is 11.8 Å². The lowest BCUT2D eigenvalue weighted by Crippen LogP contribution is -2.07. The summed E-state index contributed by atoms with van der Waals surface area (Å²) in [7, 11) is 0. The first-order chi connectivity index (χ1) is 13.0. The van der Waals surface area contributed by atoms with Gasteiger partial charge < -0.3 is 5.11 Å². The van der Waals surface area contributed by atoms with Crippen LogP contribution in [0.1, 0.15) is 28.5 Å². The Labute approximate surface area is 162 Å². The van der Waals surface area contributed by atoms with E-state index in [0.717, 1.165) is 11.3 Å². The van der Waals surface area contributed by atoms with Crippen molar-refractivity contribution >= 4 is 17.7 Å². The van der Waals surface area contributed by atoms with Crippen LogP contribution in [0, 0.1) is 11.3 Å². The molecule has 5 nitrogen and oxygen atoms in total. The van der Waals surface area contributed by atoms with Crippen molar-refractivity contribution in [2.24, 2.45) is 0 Å². The van der Waals surface area contributed by atoms with Crippen molar-refractivity contribution in [1.82, 2.24) is 9.78 Å². The van der Waals surface area contributed by atoms with E-state index in [1.54, 1.807) is 40.7 Å². The average molecular weight is 377 g/mol. The number of nitrogens with zero attached hydrogens (tertiary/aromatic N) is 3. The molecule has 3 aromatic rings. The van der Waals surface area contributed by atoms with Crippen LogP contribution in [-0.2, 0) is 6.42 Å². The van der Waals surface area contributed by atoms with E-state index in [0.29, 0.717) is 23.4 Å². The molecule has 136 valence electrons. The van der Waals surface area contributed by atoms with E-state index in [4.69, 9.17) is 5.26 Å². The van der Waals surface area contributed by atoms with Crippen molar-refractivity contribution in [2.75, 3.05) is 6.26 Å². The van der Waals surface area contributed by atoms with E-state index in [1.807, 2.05) is 36.6 Å². The Morgan fingerprint density at radius 2 is 1.89 bits per heavy atom. The van der Waals surface area contributed by atoms with Gasteiger partial charge in [-0.05, 0) is 30.5 Å². The zero-order chi connectivity index (χ0) is 19.4. The Morgan fingerprint density at radius 3 is 2.44 bits per heavy atom. The first-order valence-corrected chi connectivity index (χ1v) is 9.78. The molecule has 0 aliphatic rings. The van der Waals surface area contributed by atoms with Crippen LogP contribution in [0.4, 0.5) is 0 Å². The maximum Gasteiger partial charge on any atom is 0.339 e. The molecule has 0 saturated carbocycles. The fraction of sp³-hybridized carbons (Fsp3) is 0.190. The summed E-state index contributed by atoms with van der Waals surface area (Å²) in [6.07, 6.45) is 2.56. The van der Waals surface area contributed by atoms with Crippen LogP contribution in [-0.4, -0.2) is 32.4 Å². The molecule has 0 bridgehead atoms. The molecule has 0 fully saturated rings. The van der Waals surface area contributed by atoms with Crippen LogP contribution in [0.5, 0.6) is 0 Å². The molecule has 6 heteroatoms. The normalized spacial score (nSPS) is 11.7. The average Bonchev–Trinajstić information content (AvgIpc) is 3.07. The van der Waals surface area contributed by atoms with Crippen LogP contribution in [0.2, 0.25) is 0 Å². The fourth-order valence-corrected chi connectivity index (χ4v) is 3.24. The molecule has 0 saturated heterocycles. The van der Waals surface area contributed by atoms with Crippen molar-refractivity contribution < 1.29 is 9.90 Å². The highest BCUT2D eigenvalue weighted by Gasteiger charge is 2.26. The number of carboxylic acid groups (broad SMARTS) is 1. The Hall–Kier alpha value is -3.04. The second kappa shape index (κ2) is 8.11. The first-order valence-electron chi connectivity index (χ1n) is 8.49. The summed E-state index contributed by atoms with van der Waals surface area (Å²) in [5.74, 6) is -0.989. The number of hydrogen-bond acceptors (Lipinski definition) is 4. The topological polar surface area (TPSA) is 78.9 Å². The molecule has 0 aliphatic carbocycles. The predicted molar refractivity (Wildman–Crippen MR) is 107 cm³/mol. The number of carbonyl (C=O) groups is 1. The number of nitriles is 1. The highest BCUT2D eigenvalue weighted by atomic mass is 32.2.